The van der Waals surface area contributed by atoms with Gasteiger partial charge in [0.2, 0.25) is 0 Å². The fraction of sp³-hybridized carbons (Fsp3) is 0.389. The molecule has 0 aliphatic heterocycles. The molecule has 2 rings (SSSR count). The van der Waals surface area contributed by atoms with Crippen LogP contribution in [0.25, 0.3) is 0 Å². The van der Waals surface area contributed by atoms with Crippen molar-refractivity contribution in [3.63, 3.8) is 0 Å². The highest BCUT2D eigenvalue weighted by atomic mass is 16.5. The maximum absolute atomic E-state index is 6.08. The Balaban J connectivity index is 2.29. The molecular weight excluding hydrogens is 260 g/mol. The SMILES string of the molecule is CNCc1cnc(C)cc1Oc1ccc(C(C)C)c(C)c1. The number of aromatic nitrogens is 1. The highest BCUT2D eigenvalue weighted by Crippen LogP contribution is 2.29. The van der Waals surface area contributed by atoms with Crippen LogP contribution in [0.4, 0.5) is 0 Å². The van der Waals surface area contributed by atoms with Gasteiger partial charge in [0, 0.05) is 30.1 Å². The van der Waals surface area contributed by atoms with Crippen LogP contribution in [0.5, 0.6) is 11.5 Å². The van der Waals surface area contributed by atoms with Crippen molar-refractivity contribution in [2.75, 3.05) is 7.05 Å². The van der Waals surface area contributed by atoms with Crippen LogP contribution < -0.4 is 10.1 Å². The Kier molecular flexibility index (Phi) is 4.97. The Hall–Kier alpha value is -1.87. The van der Waals surface area contributed by atoms with Crippen LogP contribution in [0.2, 0.25) is 0 Å². The number of ether oxygens (including phenoxy) is 1. The van der Waals surface area contributed by atoms with Crippen molar-refractivity contribution < 1.29 is 4.74 Å². The molecule has 3 nitrogen and oxygen atoms in total. The maximum Gasteiger partial charge on any atom is 0.135 e. The first-order valence-electron chi connectivity index (χ1n) is 7.39. The zero-order valence-electron chi connectivity index (χ0n) is 13.5. The number of rotatable bonds is 5. The fourth-order valence-electron chi connectivity index (χ4n) is 2.47. The molecule has 0 saturated heterocycles. The van der Waals surface area contributed by atoms with E-state index in [1.807, 2.05) is 32.3 Å². The van der Waals surface area contributed by atoms with Gasteiger partial charge in [-0.3, -0.25) is 4.98 Å². The molecule has 1 aromatic carbocycles. The van der Waals surface area contributed by atoms with Crippen LogP contribution >= 0.6 is 0 Å². The van der Waals surface area contributed by atoms with Crippen molar-refractivity contribution in [1.29, 1.82) is 0 Å². The summed E-state index contributed by atoms with van der Waals surface area (Å²) in [6.45, 7) is 9.27. The molecule has 3 heteroatoms. The lowest BCUT2D eigenvalue weighted by molar-refractivity contribution is 0.472. The minimum Gasteiger partial charge on any atom is -0.457 e. The number of nitrogens with one attached hydrogen (secondary N) is 1. The van der Waals surface area contributed by atoms with E-state index in [-0.39, 0.29) is 0 Å². The predicted molar refractivity (Wildman–Crippen MR) is 87.1 cm³/mol. The molecule has 0 amide bonds. The van der Waals surface area contributed by atoms with Gasteiger partial charge in [-0.25, -0.2) is 0 Å². The van der Waals surface area contributed by atoms with Crippen molar-refractivity contribution in [3.8, 4) is 11.5 Å². The molecular formula is C18H24N2O. The Morgan fingerprint density at radius 2 is 1.95 bits per heavy atom. The Labute approximate surface area is 127 Å². The summed E-state index contributed by atoms with van der Waals surface area (Å²) in [4.78, 5) is 4.33. The Morgan fingerprint density at radius 1 is 1.19 bits per heavy atom. The second-order valence-corrected chi connectivity index (χ2v) is 5.74. The van der Waals surface area contributed by atoms with Crippen molar-refractivity contribution in [1.82, 2.24) is 10.3 Å². The van der Waals surface area contributed by atoms with Crippen molar-refractivity contribution in [2.45, 2.75) is 40.2 Å². The number of aryl methyl sites for hydroxylation is 2. The third-order valence-corrected chi connectivity index (χ3v) is 3.54. The van der Waals surface area contributed by atoms with Gasteiger partial charge in [0.1, 0.15) is 11.5 Å². The van der Waals surface area contributed by atoms with E-state index in [0.29, 0.717) is 5.92 Å². The van der Waals surface area contributed by atoms with E-state index in [1.54, 1.807) is 0 Å². The van der Waals surface area contributed by atoms with E-state index in [9.17, 15) is 0 Å². The molecule has 2 aromatic rings. The summed E-state index contributed by atoms with van der Waals surface area (Å²) >= 11 is 0. The lowest BCUT2D eigenvalue weighted by atomic mass is 9.98. The van der Waals surface area contributed by atoms with E-state index in [0.717, 1.165) is 29.3 Å². The number of benzene rings is 1. The van der Waals surface area contributed by atoms with Crippen LogP contribution in [-0.2, 0) is 6.54 Å². The molecule has 1 aromatic heterocycles. The molecule has 0 aliphatic carbocycles. The van der Waals surface area contributed by atoms with Gasteiger partial charge in [-0.1, -0.05) is 19.9 Å². The summed E-state index contributed by atoms with van der Waals surface area (Å²) in [6.07, 6.45) is 1.87. The summed E-state index contributed by atoms with van der Waals surface area (Å²) in [5.74, 6) is 2.27. The molecule has 21 heavy (non-hydrogen) atoms. The molecule has 0 unspecified atom stereocenters. The van der Waals surface area contributed by atoms with Gasteiger partial charge in [0.05, 0.1) is 0 Å². The van der Waals surface area contributed by atoms with Crippen LogP contribution in [0.15, 0.2) is 30.5 Å². The minimum absolute atomic E-state index is 0.530. The van der Waals surface area contributed by atoms with Crippen molar-refractivity contribution in [2.24, 2.45) is 0 Å². The highest BCUT2D eigenvalue weighted by molar-refractivity contribution is 5.41. The topological polar surface area (TPSA) is 34.2 Å². The van der Waals surface area contributed by atoms with Gasteiger partial charge in [-0.2, -0.15) is 0 Å². The van der Waals surface area contributed by atoms with Gasteiger partial charge in [-0.15, -0.1) is 0 Å². The number of pyridine rings is 1. The van der Waals surface area contributed by atoms with E-state index in [2.05, 4.69) is 43.2 Å². The van der Waals surface area contributed by atoms with Crippen LogP contribution in [0, 0.1) is 13.8 Å². The molecule has 0 spiro atoms. The van der Waals surface area contributed by atoms with E-state index >= 15 is 0 Å². The second-order valence-electron chi connectivity index (χ2n) is 5.74. The molecule has 0 saturated carbocycles. The summed E-state index contributed by atoms with van der Waals surface area (Å²) < 4.78 is 6.08. The first-order valence-corrected chi connectivity index (χ1v) is 7.39. The summed E-state index contributed by atoms with van der Waals surface area (Å²) in [5.41, 5.74) is 4.65. The lowest BCUT2D eigenvalue weighted by Gasteiger charge is -2.14. The van der Waals surface area contributed by atoms with Crippen LogP contribution in [0.3, 0.4) is 0 Å². The molecule has 0 bridgehead atoms. The lowest BCUT2D eigenvalue weighted by Crippen LogP contribution is -2.07. The third kappa shape index (κ3) is 3.82. The van der Waals surface area contributed by atoms with Gasteiger partial charge in [0.25, 0.3) is 0 Å². The van der Waals surface area contributed by atoms with E-state index in [1.165, 1.54) is 11.1 Å². The first kappa shape index (κ1) is 15.5. The van der Waals surface area contributed by atoms with Crippen LogP contribution in [0.1, 0.15) is 42.1 Å². The van der Waals surface area contributed by atoms with Crippen molar-refractivity contribution >= 4 is 0 Å². The van der Waals surface area contributed by atoms with Gasteiger partial charge < -0.3 is 10.1 Å². The molecule has 0 radical (unpaired) electrons. The molecule has 0 aliphatic rings. The number of nitrogens with zero attached hydrogens (tertiary/aromatic N) is 1. The largest absolute Gasteiger partial charge is 0.457 e. The predicted octanol–water partition coefficient (Wildman–Crippen LogP) is 4.33. The molecule has 1 heterocycles. The van der Waals surface area contributed by atoms with Crippen LogP contribution in [-0.4, -0.2) is 12.0 Å². The maximum atomic E-state index is 6.08. The van der Waals surface area contributed by atoms with Gasteiger partial charge in [0.15, 0.2) is 0 Å². The fourth-order valence-corrected chi connectivity index (χ4v) is 2.47. The molecule has 0 atom stereocenters. The molecule has 0 fully saturated rings. The smallest absolute Gasteiger partial charge is 0.135 e. The van der Waals surface area contributed by atoms with E-state index in [4.69, 9.17) is 4.74 Å². The Bertz CT molecular complexity index is 621. The average molecular weight is 284 g/mol. The van der Waals surface area contributed by atoms with Gasteiger partial charge in [-0.05, 0) is 50.1 Å². The summed E-state index contributed by atoms with van der Waals surface area (Å²) in [6, 6.07) is 8.29. The third-order valence-electron chi connectivity index (χ3n) is 3.54. The van der Waals surface area contributed by atoms with E-state index < -0.39 is 0 Å². The molecule has 1 N–H and O–H groups in total. The average Bonchev–Trinajstić information content (AvgIpc) is 2.41. The molecule has 112 valence electrons. The number of hydrogen-bond donors (Lipinski definition) is 1. The zero-order valence-corrected chi connectivity index (χ0v) is 13.5. The minimum atomic E-state index is 0.530. The summed E-state index contributed by atoms with van der Waals surface area (Å²) in [7, 11) is 1.92. The Morgan fingerprint density at radius 3 is 2.57 bits per heavy atom. The van der Waals surface area contributed by atoms with Gasteiger partial charge >= 0.3 is 0 Å². The monoisotopic (exact) mass is 284 g/mol. The zero-order chi connectivity index (χ0) is 15.4. The second kappa shape index (κ2) is 6.72. The van der Waals surface area contributed by atoms with Crippen molar-refractivity contribution in [3.05, 3.63) is 52.8 Å². The number of hydrogen-bond acceptors (Lipinski definition) is 3. The standard InChI is InChI=1S/C18H24N2O/c1-12(2)17-7-6-16(8-13(17)3)21-18-9-14(4)20-11-15(18)10-19-5/h6-9,11-12,19H,10H2,1-5H3. The normalized spacial score (nSPS) is 11.0. The quantitative estimate of drug-likeness (QED) is 0.887. The highest BCUT2D eigenvalue weighted by Gasteiger charge is 2.08. The first-order chi connectivity index (χ1) is 10.0. The summed E-state index contributed by atoms with van der Waals surface area (Å²) in [5, 5.41) is 3.15.